The lowest BCUT2D eigenvalue weighted by molar-refractivity contribution is 0.00499. The highest BCUT2D eigenvalue weighted by atomic mass is 16.6. The van der Waals surface area contributed by atoms with Crippen molar-refractivity contribution in [3.63, 3.8) is 0 Å². The van der Waals surface area contributed by atoms with Crippen molar-refractivity contribution >= 4 is 0 Å². The number of ether oxygens (including phenoxy) is 5. The second kappa shape index (κ2) is 16.9. The van der Waals surface area contributed by atoms with Crippen molar-refractivity contribution in [1.29, 1.82) is 0 Å². The maximum Gasteiger partial charge on any atom is 0.119 e. The van der Waals surface area contributed by atoms with E-state index in [-0.39, 0.29) is 5.75 Å². The van der Waals surface area contributed by atoms with Crippen LogP contribution in [0.2, 0.25) is 0 Å². The van der Waals surface area contributed by atoms with E-state index in [2.05, 4.69) is 60.7 Å². The van der Waals surface area contributed by atoms with Gasteiger partial charge in [0.2, 0.25) is 0 Å². The molecule has 44 heavy (non-hydrogen) atoms. The SMILES string of the molecule is Oc1ccc(-c2ccc(-c3ccc(OCCOCCOCCOCCOc4ccc(-c5ccccc5)cc4)cc3)cc2)cc1. The molecule has 0 radical (unpaired) electrons. The van der Waals surface area contributed by atoms with E-state index in [1.165, 1.54) is 11.1 Å². The van der Waals surface area contributed by atoms with Gasteiger partial charge in [0.25, 0.3) is 0 Å². The molecule has 5 aromatic carbocycles. The van der Waals surface area contributed by atoms with Crippen molar-refractivity contribution in [1.82, 2.24) is 0 Å². The Hall–Kier alpha value is -4.62. The molecule has 6 heteroatoms. The van der Waals surface area contributed by atoms with Crippen molar-refractivity contribution in [2.24, 2.45) is 0 Å². The van der Waals surface area contributed by atoms with E-state index < -0.39 is 0 Å². The first-order chi connectivity index (χ1) is 21.7. The van der Waals surface area contributed by atoms with E-state index in [9.17, 15) is 5.11 Å². The average Bonchev–Trinajstić information content (AvgIpc) is 3.08. The number of phenols is 1. The van der Waals surface area contributed by atoms with Crippen molar-refractivity contribution < 1.29 is 28.8 Å². The van der Waals surface area contributed by atoms with Crippen LogP contribution in [0.25, 0.3) is 33.4 Å². The molecule has 226 valence electrons. The summed E-state index contributed by atoms with van der Waals surface area (Å²) in [5.74, 6) is 1.90. The van der Waals surface area contributed by atoms with Gasteiger partial charge in [-0.3, -0.25) is 0 Å². The van der Waals surface area contributed by atoms with Gasteiger partial charge in [-0.05, 0) is 69.8 Å². The summed E-state index contributed by atoms with van der Waals surface area (Å²) in [5.41, 5.74) is 6.78. The molecular formula is C38H38O6. The largest absolute Gasteiger partial charge is 0.508 e. The minimum absolute atomic E-state index is 0.269. The number of hydrogen-bond donors (Lipinski definition) is 1. The molecule has 0 fully saturated rings. The third-order valence-electron chi connectivity index (χ3n) is 6.97. The van der Waals surface area contributed by atoms with Gasteiger partial charge in [0, 0.05) is 0 Å². The maximum absolute atomic E-state index is 9.49. The summed E-state index contributed by atoms with van der Waals surface area (Å²) in [6, 6.07) is 42.0. The Balaban J connectivity index is 0.863. The number of rotatable bonds is 17. The van der Waals surface area contributed by atoms with Gasteiger partial charge >= 0.3 is 0 Å². The molecule has 0 saturated carbocycles. The quantitative estimate of drug-likeness (QED) is 0.111. The van der Waals surface area contributed by atoms with Gasteiger partial charge in [0.15, 0.2) is 0 Å². The lowest BCUT2D eigenvalue weighted by atomic mass is 10.0. The molecule has 0 unspecified atom stereocenters. The zero-order valence-electron chi connectivity index (χ0n) is 24.8. The molecule has 6 nitrogen and oxygen atoms in total. The van der Waals surface area contributed by atoms with Crippen molar-refractivity contribution in [2.75, 3.05) is 52.9 Å². The maximum atomic E-state index is 9.49. The number of aromatic hydroxyl groups is 1. The van der Waals surface area contributed by atoms with E-state index in [0.29, 0.717) is 52.9 Å². The van der Waals surface area contributed by atoms with E-state index in [1.54, 1.807) is 12.1 Å². The van der Waals surface area contributed by atoms with Gasteiger partial charge in [0.05, 0.1) is 39.6 Å². The molecule has 0 saturated heterocycles. The van der Waals surface area contributed by atoms with Crippen LogP contribution in [-0.2, 0) is 14.2 Å². The molecule has 5 aromatic rings. The van der Waals surface area contributed by atoms with E-state index in [1.807, 2.05) is 54.6 Å². The lowest BCUT2D eigenvalue weighted by Crippen LogP contribution is -2.14. The predicted octanol–water partition coefficient (Wildman–Crippen LogP) is 7.90. The Morgan fingerprint density at radius 2 is 0.614 bits per heavy atom. The summed E-state index contributed by atoms with van der Waals surface area (Å²) in [5, 5.41) is 9.49. The van der Waals surface area contributed by atoms with Crippen LogP contribution in [0.1, 0.15) is 0 Å². The van der Waals surface area contributed by atoms with Crippen LogP contribution in [0.3, 0.4) is 0 Å². The third kappa shape index (κ3) is 9.71. The molecule has 0 bridgehead atoms. The molecule has 0 heterocycles. The number of hydrogen-bond acceptors (Lipinski definition) is 6. The molecule has 0 spiro atoms. The molecule has 1 N–H and O–H groups in total. The first kappa shape index (κ1) is 30.8. The van der Waals surface area contributed by atoms with Gasteiger partial charge in [-0.25, -0.2) is 0 Å². The monoisotopic (exact) mass is 590 g/mol. The van der Waals surface area contributed by atoms with Crippen LogP contribution in [0.15, 0.2) is 127 Å². The Kier molecular flexibility index (Phi) is 11.8. The fourth-order valence-corrected chi connectivity index (χ4v) is 4.61. The van der Waals surface area contributed by atoms with Gasteiger partial charge in [-0.1, -0.05) is 91.0 Å². The fraction of sp³-hybridized carbons (Fsp3) is 0.211. The highest BCUT2D eigenvalue weighted by molar-refractivity contribution is 5.71. The van der Waals surface area contributed by atoms with E-state index in [4.69, 9.17) is 23.7 Å². The van der Waals surface area contributed by atoms with Gasteiger partial charge < -0.3 is 28.8 Å². The summed E-state index contributed by atoms with van der Waals surface area (Å²) in [7, 11) is 0. The molecule has 5 rings (SSSR count). The Morgan fingerprint density at radius 3 is 1.00 bits per heavy atom. The fourth-order valence-electron chi connectivity index (χ4n) is 4.61. The van der Waals surface area contributed by atoms with Crippen molar-refractivity contribution in [3.05, 3.63) is 127 Å². The van der Waals surface area contributed by atoms with Crippen molar-refractivity contribution in [2.45, 2.75) is 0 Å². The second-order valence-electron chi connectivity index (χ2n) is 10.1. The van der Waals surface area contributed by atoms with Crippen LogP contribution in [0, 0.1) is 0 Å². The van der Waals surface area contributed by atoms with Gasteiger partial charge in [-0.15, -0.1) is 0 Å². The van der Waals surface area contributed by atoms with Crippen LogP contribution >= 0.6 is 0 Å². The van der Waals surface area contributed by atoms with E-state index >= 15 is 0 Å². The highest BCUT2D eigenvalue weighted by Gasteiger charge is 2.03. The molecule has 0 atom stereocenters. The first-order valence-electron chi connectivity index (χ1n) is 14.9. The minimum atomic E-state index is 0.269. The zero-order valence-corrected chi connectivity index (χ0v) is 24.8. The molecular weight excluding hydrogens is 552 g/mol. The topological polar surface area (TPSA) is 66.4 Å². The third-order valence-corrected chi connectivity index (χ3v) is 6.97. The van der Waals surface area contributed by atoms with Crippen LogP contribution < -0.4 is 9.47 Å². The molecule has 0 amide bonds. The molecule has 0 aliphatic carbocycles. The summed E-state index contributed by atoms with van der Waals surface area (Å²) in [6.45, 7) is 3.99. The van der Waals surface area contributed by atoms with E-state index in [0.717, 1.165) is 33.8 Å². The highest BCUT2D eigenvalue weighted by Crippen LogP contribution is 2.27. The lowest BCUT2D eigenvalue weighted by Gasteiger charge is -2.10. The summed E-state index contributed by atoms with van der Waals surface area (Å²) in [4.78, 5) is 0. The summed E-state index contributed by atoms with van der Waals surface area (Å²) < 4.78 is 28.3. The Labute approximate surface area is 259 Å². The number of benzene rings is 5. The standard InChI is InChI=1S/C38H38O6/c39-36-16-10-33(11-17-36)31-6-8-32(9-7-31)35-14-20-38(21-15-35)44-29-27-42-25-23-40-22-24-41-26-28-43-37-18-12-34(13-19-37)30-4-2-1-3-5-30/h1-21,39H,22-29H2. The second-order valence-corrected chi connectivity index (χ2v) is 10.1. The van der Waals surface area contributed by atoms with Crippen LogP contribution in [-0.4, -0.2) is 58.0 Å². The Morgan fingerprint density at radius 1 is 0.318 bits per heavy atom. The van der Waals surface area contributed by atoms with Gasteiger partial charge in [-0.2, -0.15) is 0 Å². The normalized spacial score (nSPS) is 10.9. The average molecular weight is 591 g/mol. The van der Waals surface area contributed by atoms with Crippen molar-refractivity contribution in [3.8, 4) is 50.6 Å². The Bertz CT molecular complexity index is 1500. The van der Waals surface area contributed by atoms with Crippen LogP contribution in [0.4, 0.5) is 0 Å². The predicted molar refractivity (Wildman–Crippen MR) is 174 cm³/mol. The summed E-state index contributed by atoms with van der Waals surface area (Å²) >= 11 is 0. The minimum Gasteiger partial charge on any atom is -0.508 e. The smallest absolute Gasteiger partial charge is 0.119 e. The molecule has 0 aliphatic rings. The summed E-state index contributed by atoms with van der Waals surface area (Å²) in [6.07, 6.45) is 0. The van der Waals surface area contributed by atoms with Gasteiger partial charge in [0.1, 0.15) is 30.5 Å². The first-order valence-corrected chi connectivity index (χ1v) is 14.9. The zero-order chi connectivity index (χ0) is 30.2. The number of phenolic OH excluding ortho intramolecular Hbond substituents is 1. The van der Waals surface area contributed by atoms with Crippen LogP contribution in [0.5, 0.6) is 17.2 Å². The molecule has 0 aliphatic heterocycles. The molecule has 0 aromatic heterocycles.